The van der Waals surface area contributed by atoms with Crippen LogP contribution < -0.4 is 32.0 Å². The van der Waals surface area contributed by atoms with E-state index in [1.165, 1.54) is 15.4 Å². The Hall–Kier alpha value is -5.86. The molecule has 0 fully saturated rings. The minimum Gasteiger partial charge on any atom is -0.493 e. The smallest absolute Gasteiger partial charge is 0.339 e. The molecule has 15 nitrogen and oxygen atoms in total. The summed E-state index contributed by atoms with van der Waals surface area (Å²) < 4.78 is 13.7. The Labute approximate surface area is 298 Å². The van der Waals surface area contributed by atoms with Crippen LogP contribution in [0, 0.1) is 0 Å². The monoisotopic (exact) mass is 706 g/mol. The lowest BCUT2D eigenvalue weighted by atomic mass is 10.1. The number of amides is 3. The molecule has 2 aromatic heterocycles. The van der Waals surface area contributed by atoms with Gasteiger partial charge in [-0.3, -0.25) is 23.7 Å². The number of hydrogen-bond donors (Lipinski definition) is 5. The van der Waals surface area contributed by atoms with Crippen molar-refractivity contribution in [2.75, 3.05) is 24.3 Å². The zero-order chi connectivity index (χ0) is 38.1. The number of aromatic carboxylic acids is 1. The summed E-state index contributed by atoms with van der Waals surface area (Å²) in [5, 5.41) is 20.0. The summed E-state index contributed by atoms with van der Waals surface area (Å²) >= 11 is 0. The molecule has 0 bridgehead atoms. The van der Waals surface area contributed by atoms with Gasteiger partial charge in [0, 0.05) is 14.1 Å². The number of aryl methyl sites for hydroxylation is 4. The lowest BCUT2D eigenvalue weighted by Crippen LogP contribution is -2.21. The van der Waals surface area contributed by atoms with Crippen LogP contribution in [0.1, 0.15) is 106 Å². The van der Waals surface area contributed by atoms with E-state index in [2.05, 4.69) is 15.5 Å². The van der Waals surface area contributed by atoms with Gasteiger partial charge in [0.15, 0.2) is 0 Å². The second-order valence-corrected chi connectivity index (χ2v) is 11.3. The van der Waals surface area contributed by atoms with Crippen LogP contribution in [-0.4, -0.2) is 61.6 Å². The molecule has 3 amide bonds. The van der Waals surface area contributed by atoms with E-state index >= 15 is 0 Å². The van der Waals surface area contributed by atoms with Crippen molar-refractivity contribution in [2.24, 2.45) is 25.6 Å². The van der Waals surface area contributed by atoms with Gasteiger partial charge in [0.05, 0.1) is 41.5 Å². The molecule has 0 spiro atoms. The number of anilines is 2. The molecule has 0 saturated heterocycles. The maximum absolute atomic E-state index is 12.8. The molecule has 0 aliphatic rings. The van der Waals surface area contributed by atoms with Crippen LogP contribution in [0.3, 0.4) is 0 Å². The van der Waals surface area contributed by atoms with Gasteiger partial charge >= 0.3 is 5.97 Å². The predicted octanol–water partition coefficient (Wildman–Crippen LogP) is 4.74. The lowest BCUT2D eigenvalue weighted by Gasteiger charge is -2.12. The van der Waals surface area contributed by atoms with Crippen LogP contribution in [0.5, 0.6) is 11.5 Å². The van der Waals surface area contributed by atoms with E-state index in [1.807, 2.05) is 33.8 Å². The number of hydrogen-bond acceptors (Lipinski definition) is 9. The fraction of sp³-hybridized carbons (Fsp3) is 0.389. The SMILES string of the molecule is CCCOc1ccccc1C(=O)Nc1c(CCC)nn(C)c1C(N)=O.CCCOc1ccccc1C(=O)O.CCCc1nn(C)c(C(N)=O)c1N. The number of carbonyl (C=O) groups is 4. The number of nitrogen functional groups attached to an aromatic ring is 1. The topological polar surface area (TPSA) is 233 Å². The van der Waals surface area contributed by atoms with Crippen molar-refractivity contribution in [3.8, 4) is 11.5 Å². The van der Waals surface area contributed by atoms with Crippen molar-refractivity contribution in [2.45, 2.75) is 66.2 Å². The van der Waals surface area contributed by atoms with E-state index in [-0.39, 0.29) is 17.2 Å². The van der Waals surface area contributed by atoms with E-state index in [4.69, 9.17) is 31.8 Å². The van der Waals surface area contributed by atoms with Crippen molar-refractivity contribution in [1.82, 2.24) is 19.6 Å². The lowest BCUT2D eigenvalue weighted by molar-refractivity contribution is 0.0691. The maximum Gasteiger partial charge on any atom is 0.339 e. The molecule has 15 heteroatoms. The second-order valence-electron chi connectivity index (χ2n) is 11.3. The highest BCUT2D eigenvalue weighted by Crippen LogP contribution is 2.25. The predicted molar refractivity (Wildman–Crippen MR) is 195 cm³/mol. The number of benzene rings is 2. The number of aromatic nitrogens is 4. The Bertz CT molecular complexity index is 1780. The first-order valence-electron chi connectivity index (χ1n) is 16.8. The number of carboxylic acids is 1. The number of nitrogens with two attached hydrogens (primary N) is 3. The quantitative estimate of drug-likeness (QED) is 0.114. The first-order valence-corrected chi connectivity index (χ1v) is 16.8. The Kier molecular flexibility index (Phi) is 16.7. The molecule has 0 aliphatic carbocycles. The number of para-hydroxylation sites is 2. The van der Waals surface area contributed by atoms with E-state index in [9.17, 15) is 19.2 Å². The fourth-order valence-electron chi connectivity index (χ4n) is 4.87. The fourth-order valence-corrected chi connectivity index (χ4v) is 4.87. The molecule has 0 aliphatic heterocycles. The minimum absolute atomic E-state index is 0.184. The van der Waals surface area contributed by atoms with Gasteiger partial charge in [-0.2, -0.15) is 10.2 Å². The van der Waals surface area contributed by atoms with Gasteiger partial charge in [0.2, 0.25) is 0 Å². The van der Waals surface area contributed by atoms with Crippen LogP contribution >= 0.6 is 0 Å². The number of carbonyl (C=O) groups excluding carboxylic acids is 3. The summed E-state index contributed by atoms with van der Waals surface area (Å²) in [5.41, 5.74) is 19.6. The third kappa shape index (κ3) is 11.6. The van der Waals surface area contributed by atoms with Gasteiger partial charge in [-0.1, -0.05) is 64.8 Å². The van der Waals surface area contributed by atoms with Crippen LogP contribution in [0.4, 0.5) is 11.4 Å². The molecule has 0 radical (unpaired) electrons. The molecule has 0 unspecified atom stereocenters. The summed E-state index contributed by atoms with van der Waals surface area (Å²) in [6.45, 7) is 9.06. The van der Waals surface area contributed by atoms with Crippen LogP contribution in [0.15, 0.2) is 48.5 Å². The van der Waals surface area contributed by atoms with Gasteiger partial charge in [-0.15, -0.1) is 0 Å². The first-order chi connectivity index (χ1) is 24.3. The Morgan fingerprint density at radius 1 is 0.706 bits per heavy atom. The van der Waals surface area contributed by atoms with Crippen LogP contribution in [-0.2, 0) is 26.9 Å². The van der Waals surface area contributed by atoms with Gasteiger partial charge in [0.25, 0.3) is 17.7 Å². The summed E-state index contributed by atoms with van der Waals surface area (Å²) in [4.78, 5) is 46.2. The zero-order valence-electron chi connectivity index (χ0n) is 30.2. The summed E-state index contributed by atoms with van der Waals surface area (Å²) in [6, 6.07) is 13.6. The maximum atomic E-state index is 12.8. The van der Waals surface area contributed by atoms with Crippen molar-refractivity contribution in [3.63, 3.8) is 0 Å². The molecule has 4 rings (SSSR count). The van der Waals surface area contributed by atoms with Crippen molar-refractivity contribution in [1.29, 1.82) is 0 Å². The average molecular weight is 707 g/mol. The Morgan fingerprint density at radius 2 is 1.16 bits per heavy atom. The average Bonchev–Trinajstić information content (AvgIpc) is 3.56. The third-order valence-electron chi connectivity index (χ3n) is 7.13. The second kappa shape index (κ2) is 20.6. The Balaban J connectivity index is 0.000000292. The van der Waals surface area contributed by atoms with E-state index in [0.717, 1.165) is 37.8 Å². The summed E-state index contributed by atoms with van der Waals surface area (Å²) in [7, 11) is 3.29. The number of carboxylic acid groups (broad SMARTS) is 1. The largest absolute Gasteiger partial charge is 0.493 e. The van der Waals surface area contributed by atoms with Gasteiger partial charge < -0.3 is 37.1 Å². The number of ether oxygens (including phenoxy) is 2. The van der Waals surface area contributed by atoms with Crippen LogP contribution in [0.25, 0.3) is 0 Å². The number of nitrogens with one attached hydrogen (secondary N) is 1. The van der Waals surface area contributed by atoms with Gasteiger partial charge in [0.1, 0.15) is 28.5 Å². The molecular formula is C36H50N8O7. The first kappa shape index (κ1) is 41.3. The number of nitrogens with zero attached hydrogens (tertiary/aromatic N) is 4. The molecule has 2 aromatic carbocycles. The molecule has 51 heavy (non-hydrogen) atoms. The van der Waals surface area contributed by atoms with Crippen molar-refractivity contribution >= 4 is 35.1 Å². The molecule has 8 N–H and O–H groups in total. The highest BCUT2D eigenvalue weighted by Gasteiger charge is 2.23. The minimum atomic E-state index is -0.952. The normalized spacial score (nSPS) is 10.2. The molecule has 276 valence electrons. The Morgan fingerprint density at radius 3 is 1.63 bits per heavy atom. The molecule has 0 saturated carbocycles. The summed E-state index contributed by atoms with van der Waals surface area (Å²) in [5.74, 6) is -1.54. The van der Waals surface area contributed by atoms with Gasteiger partial charge in [-0.25, -0.2) is 4.79 Å². The van der Waals surface area contributed by atoms with Crippen molar-refractivity contribution in [3.05, 3.63) is 82.4 Å². The summed E-state index contributed by atoms with van der Waals surface area (Å²) in [6.07, 6.45) is 4.88. The van der Waals surface area contributed by atoms with E-state index in [1.54, 1.807) is 50.5 Å². The molecular weight excluding hydrogens is 656 g/mol. The standard InChI is InChI=1S/C18H24N4O3.C10H12O3.C8H14N4O/c1-4-8-13-15(16(17(19)23)22(3)21-13)20-18(24)12-9-6-7-10-14(12)25-11-5-2;1-2-7-13-9-6-4-3-5-8(9)10(11)12;1-3-4-5-6(9)7(8(10)13)12(2)11-5/h6-7,9-10H,4-5,8,11H2,1-3H3,(H2,19,23)(H,20,24);3-6H,2,7H2,1H3,(H,11,12);3-4,9H2,1-2H3,(H2,10,13). The van der Waals surface area contributed by atoms with Crippen molar-refractivity contribution < 1.29 is 33.8 Å². The molecule has 4 aromatic rings. The van der Waals surface area contributed by atoms with E-state index < -0.39 is 17.8 Å². The molecule has 0 atom stereocenters. The highest BCUT2D eigenvalue weighted by molar-refractivity contribution is 6.10. The zero-order valence-corrected chi connectivity index (χ0v) is 30.2. The van der Waals surface area contributed by atoms with E-state index in [0.29, 0.717) is 59.5 Å². The highest BCUT2D eigenvalue weighted by atomic mass is 16.5. The number of primary amides is 2. The third-order valence-corrected chi connectivity index (χ3v) is 7.13. The number of rotatable bonds is 15. The van der Waals surface area contributed by atoms with Crippen LogP contribution in [0.2, 0.25) is 0 Å². The molecule has 2 heterocycles. The van der Waals surface area contributed by atoms with Gasteiger partial charge in [-0.05, 0) is 49.9 Å².